The lowest BCUT2D eigenvalue weighted by Crippen LogP contribution is -2.32. The van der Waals surface area contributed by atoms with E-state index in [2.05, 4.69) is 91.0 Å². The summed E-state index contributed by atoms with van der Waals surface area (Å²) >= 11 is 0. The van der Waals surface area contributed by atoms with Crippen LogP contribution in [0.15, 0.2) is 149 Å². The molecule has 0 bridgehead atoms. The normalized spacial score (nSPS) is 11.3. The lowest BCUT2D eigenvalue weighted by Gasteiger charge is -2.28. The van der Waals surface area contributed by atoms with Crippen molar-refractivity contribution in [1.29, 1.82) is 0 Å². The molecule has 0 atom stereocenters. The molecule has 4 nitrogen and oxygen atoms in total. The standard InChI is InChI=1S/C36H28O4P/c1-26-23-35(37)40-34-24-29(21-22-33(26)34)39-36(38)28-19-17-27(18-20-28)25-41(30-11-5-2-6-12-30,31-13-7-3-8-14-31)32-15-9-4-10-16-32/h2-24H,25H2,1H3/q+1. The molecule has 0 aliphatic carbocycles. The predicted molar refractivity (Wildman–Crippen MR) is 167 cm³/mol. The monoisotopic (exact) mass is 555 g/mol. The molecule has 200 valence electrons. The Morgan fingerprint density at radius 3 is 1.76 bits per heavy atom. The minimum Gasteiger partial charge on any atom is -0.423 e. The quantitative estimate of drug-likeness (QED) is 0.0940. The second-order valence-electron chi connectivity index (χ2n) is 9.97. The second kappa shape index (κ2) is 11.4. The third-order valence-corrected chi connectivity index (χ3v) is 11.7. The molecule has 0 fully saturated rings. The summed E-state index contributed by atoms with van der Waals surface area (Å²) in [6.07, 6.45) is 0.809. The van der Waals surface area contributed by atoms with Gasteiger partial charge in [0.05, 0.1) is 11.7 Å². The zero-order valence-electron chi connectivity index (χ0n) is 22.6. The molecule has 5 heteroatoms. The van der Waals surface area contributed by atoms with E-state index in [-0.39, 0.29) is 0 Å². The van der Waals surface area contributed by atoms with Crippen molar-refractivity contribution in [3.05, 3.63) is 167 Å². The third-order valence-electron chi connectivity index (χ3n) is 7.33. The van der Waals surface area contributed by atoms with Crippen LogP contribution in [0.25, 0.3) is 11.0 Å². The molecule has 1 aromatic heterocycles. The van der Waals surface area contributed by atoms with Gasteiger partial charge in [-0.1, -0.05) is 66.7 Å². The molecule has 0 spiro atoms. The highest BCUT2D eigenvalue weighted by Crippen LogP contribution is 2.58. The summed E-state index contributed by atoms with van der Waals surface area (Å²) in [6, 6.07) is 46.4. The maximum Gasteiger partial charge on any atom is 0.343 e. The third kappa shape index (κ3) is 5.35. The van der Waals surface area contributed by atoms with Crippen LogP contribution in [-0.4, -0.2) is 5.97 Å². The topological polar surface area (TPSA) is 56.5 Å². The van der Waals surface area contributed by atoms with Crippen molar-refractivity contribution in [1.82, 2.24) is 0 Å². The van der Waals surface area contributed by atoms with Gasteiger partial charge in [-0.05, 0) is 78.7 Å². The average molecular weight is 556 g/mol. The molecule has 5 aromatic carbocycles. The highest BCUT2D eigenvalue weighted by atomic mass is 31.2. The summed E-state index contributed by atoms with van der Waals surface area (Å²) in [5.41, 5.74) is 2.34. The van der Waals surface area contributed by atoms with Gasteiger partial charge in [0.25, 0.3) is 0 Å². The average Bonchev–Trinajstić information content (AvgIpc) is 3.01. The summed E-state index contributed by atoms with van der Waals surface area (Å²) in [6.45, 7) is 1.84. The molecule has 0 amide bonds. The molecule has 0 radical (unpaired) electrons. The summed E-state index contributed by atoms with van der Waals surface area (Å²) in [5.74, 6) is -0.149. The molecule has 41 heavy (non-hydrogen) atoms. The predicted octanol–water partition coefficient (Wildman–Crippen LogP) is 6.81. The molecule has 0 unspecified atom stereocenters. The number of hydrogen-bond acceptors (Lipinski definition) is 4. The Bertz CT molecular complexity index is 1770. The molecule has 6 aromatic rings. The maximum absolute atomic E-state index is 13.0. The van der Waals surface area contributed by atoms with Crippen molar-refractivity contribution in [2.45, 2.75) is 13.1 Å². The zero-order chi connectivity index (χ0) is 28.2. The van der Waals surface area contributed by atoms with Gasteiger partial charge in [-0.25, -0.2) is 9.59 Å². The van der Waals surface area contributed by atoms with E-state index in [4.69, 9.17) is 9.15 Å². The van der Waals surface area contributed by atoms with Crippen LogP contribution in [0.5, 0.6) is 5.75 Å². The Morgan fingerprint density at radius 2 is 1.22 bits per heavy atom. The Labute approximate surface area is 239 Å². The Hall–Kier alpha value is -4.79. The summed E-state index contributed by atoms with van der Waals surface area (Å²) in [4.78, 5) is 24.8. The Kier molecular flexibility index (Phi) is 7.33. The van der Waals surface area contributed by atoms with Gasteiger partial charge in [0.2, 0.25) is 0 Å². The number of carbonyl (C=O) groups excluding carboxylic acids is 1. The summed E-state index contributed by atoms with van der Waals surface area (Å²) < 4.78 is 10.9. The number of hydrogen-bond donors (Lipinski definition) is 0. The van der Waals surface area contributed by atoms with Crippen molar-refractivity contribution in [3.63, 3.8) is 0 Å². The van der Waals surface area contributed by atoms with Crippen LogP contribution >= 0.6 is 7.26 Å². The number of benzene rings is 5. The van der Waals surface area contributed by atoms with Gasteiger partial charge in [-0.15, -0.1) is 0 Å². The molecule has 1 heterocycles. The molecular formula is C36H28O4P+. The van der Waals surface area contributed by atoms with Crippen molar-refractivity contribution in [2.75, 3.05) is 0 Å². The van der Waals surface area contributed by atoms with Crippen LogP contribution < -0.4 is 26.3 Å². The lowest BCUT2D eigenvalue weighted by molar-refractivity contribution is 0.0735. The van der Waals surface area contributed by atoms with E-state index < -0.39 is 18.9 Å². The van der Waals surface area contributed by atoms with Gasteiger partial charge in [0, 0.05) is 17.5 Å². The van der Waals surface area contributed by atoms with Crippen LogP contribution in [-0.2, 0) is 6.16 Å². The smallest absolute Gasteiger partial charge is 0.343 e. The fourth-order valence-corrected chi connectivity index (χ4v) is 9.57. The van der Waals surface area contributed by atoms with Gasteiger partial charge in [-0.3, -0.25) is 0 Å². The van der Waals surface area contributed by atoms with Crippen LogP contribution in [0.3, 0.4) is 0 Å². The van der Waals surface area contributed by atoms with Gasteiger partial charge >= 0.3 is 11.6 Å². The van der Waals surface area contributed by atoms with Crippen molar-refractivity contribution in [2.24, 2.45) is 0 Å². The SMILES string of the molecule is Cc1cc(=O)oc2cc(OC(=O)c3ccc(C[P+](c4ccccc4)(c4ccccc4)c4ccccc4)cc3)ccc12. The molecule has 0 saturated heterocycles. The largest absolute Gasteiger partial charge is 0.423 e. The molecule has 0 N–H and O–H groups in total. The van der Waals surface area contributed by atoms with Crippen LogP contribution in [0.4, 0.5) is 0 Å². The highest BCUT2D eigenvalue weighted by molar-refractivity contribution is 7.95. The summed E-state index contributed by atoms with van der Waals surface area (Å²) in [7, 11) is -2.05. The first-order valence-electron chi connectivity index (χ1n) is 13.4. The van der Waals surface area contributed by atoms with Crippen molar-refractivity contribution in [3.8, 4) is 5.75 Å². The first-order valence-corrected chi connectivity index (χ1v) is 15.4. The van der Waals surface area contributed by atoms with Gasteiger partial charge in [0.15, 0.2) is 0 Å². The molecule has 0 aliphatic heterocycles. The first kappa shape index (κ1) is 26.4. The van der Waals surface area contributed by atoms with Crippen LogP contribution in [0, 0.1) is 6.92 Å². The lowest BCUT2D eigenvalue weighted by atomic mass is 10.1. The minimum atomic E-state index is -2.05. The minimum absolute atomic E-state index is 0.322. The van der Waals surface area contributed by atoms with Crippen molar-refractivity contribution < 1.29 is 13.9 Å². The molecule has 0 aliphatic rings. The molecule has 0 saturated carbocycles. The van der Waals surface area contributed by atoms with E-state index in [9.17, 15) is 9.59 Å². The number of ether oxygens (including phenoxy) is 1. The molecule has 6 rings (SSSR count). The first-order chi connectivity index (χ1) is 20.0. The zero-order valence-corrected chi connectivity index (χ0v) is 23.5. The van der Waals surface area contributed by atoms with E-state index in [1.165, 1.54) is 22.0 Å². The Morgan fingerprint density at radius 1 is 0.683 bits per heavy atom. The molecular weight excluding hydrogens is 527 g/mol. The van der Waals surface area contributed by atoms with E-state index in [0.29, 0.717) is 16.9 Å². The van der Waals surface area contributed by atoms with E-state index in [1.54, 1.807) is 18.2 Å². The van der Waals surface area contributed by atoms with Gasteiger partial charge in [-0.2, -0.15) is 0 Å². The fourth-order valence-electron chi connectivity index (χ4n) is 5.32. The number of rotatable bonds is 7. The number of aryl methyl sites for hydroxylation is 1. The van der Waals surface area contributed by atoms with Crippen LogP contribution in [0.1, 0.15) is 21.5 Å². The van der Waals surface area contributed by atoms with Crippen molar-refractivity contribution >= 4 is 40.1 Å². The van der Waals surface area contributed by atoms with E-state index in [1.807, 2.05) is 31.2 Å². The van der Waals surface area contributed by atoms with Gasteiger partial charge in [0.1, 0.15) is 34.5 Å². The summed E-state index contributed by atoms with van der Waals surface area (Å²) in [5, 5.41) is 4.72. The van der Waals surface area contributed by atoms with E-state index in [0.717, 1.165) is 22.7 Å². The van der Waals surface area contributed by atoms with Gasteiger partial charge < -0.3 is 9.15 Å². The number of carbonyl (C=O) groups is 1. The number of esters is 1. The second-order valence-corrected chi connectivity index (χ2v) is 13.5. The van der Waals surface area contributed by atoms with E-state index >= 15 is 0 Å². The Balaban J connectivity index is 1.33. The number of fused-ring (bicyclic) bond motifs is 1. The highest BCUT2D eigenvalue weighted by Gasteiger charge is 2.45. The maximum atomic E-state index is 13.0. The van der Waals surface area contributed by atoms with Crippen LogP contribution in [0.2, 0.25) is 0 Å². The fraction of sp³-hybridized carbons (Fsp3) is 0.0556.